The van der Waals surface area contributed by atoms with Crippen LogP contribution in [0.15, 0.2) is 36.5 Å². The molecule has 1 aromatic heterocycles. The third-order valence-electron chi connectivity index (χ3n) is 4.04. The van der Waals surface area contributed by atoms with E-state index in [0.717, 1.165) is 30.4 Å². The Hall–Kier alpha value is -2.44. The fraction of sp³-hybridized carbons (Fsp3) is 0.375. The fourth-order valence-corrected chi connectivity index (χ4v) is 2.98. The molecule has 1 saturated heterocycles. The first-order chi connectivity index (χ1) is 11.1. The first-order valence-electron chi connectivity index (χ1n) is 7.39. The predicted molar refractivity (Wildman–Crippen MR) is 79.5 cm³/mol. The van der Waals surface area contributed by atoms with Crippen LogP contribution in [-0.4, -0.2) is 34.2 Å². The number of amides is 1. The van der Waals surface area contributed by atoms with E-state index in [-0.39, 0.29) is 17.6 Å². The number of nitrogens with zero attached hydrogens (tertiary/aromatic N) is 3. The summed E-state index contributed by atoms with van der Waals surface area (Å²) < 4.78 is 31.1. The van der Waals surface area contributed by atoms with Crippen molar-refractivity contribution < 1.29 is 18.3 Å². The summed E-state index contributed by atoms with van der Waals surface area (Å²) in [6.45, 7) is -2.18. The molecular weight excluding hydrogens is 304 g/mol. The van der Waals surface area contributed by atoms with Crippen LogP contribution in [0.4, 0.5) is 8.78 Å². The molecule has 23 heavy (non-hydrogen) atoms. The highest BCUT2D eigenvalue weighted by molar-refractivity contribution is 5.92. The van der Waals surface area contributed by atoms with Crippen LogP contribution >= 0.6 is 0 Å². The molecule has 0 radical (unpaired) electrons. The normalized spacial score (nSPS) is 17.7. The van der Waals surface area contributed by atoms with Crippen molar-refractivity contribution in [2.45, 2.75) is 25.4 Å². The molecule has 1 aliphatic heterocycles. The number of carbonyl (C=O) groups is 1. The van der Waals surface area contributed by atoms with E-state index in [1.54, 1.807) is 12.0 Å². The molecule has 2 aromatic rings. The number of carbonyl (C=O) groups excluding carboxylic acids is 1. The van der Waals surface area contributed by atoms with Gasteiger partial charge in [-0.3, -0.25) is 4.79 Å². The van der Waals surface area contributed by atoms with Crippen LogP contribution < -0.4 is 4.74 Å². The van der Waals surface area contributed by atoms with E-state index < -0.39 is 6.55 Å². The molecule has 0 bridgehead atoms. The molecule has 1 atom stereocenters. The first-order valence-corrected chi connectivity index (χ1v) is 7.39. The number of hydrogen-bond acceptors (Lipinski definition) is 3. The number of likely N-dealkylation sites (tertiary alicyclic amines) is 1. The monoisotopic (exact) mass is 321 g/mol. The third kappa shape index (κ3) is 2.91. The van der Waals surface area contributed by atoms with Gasteiger partial charge in [0.25, 0.3) is 5.91 Å². The van der Waals surface area contributed by atoms with Gasteiger partial charge in [-0.25, -0.2) is 4.68 Å². The molecule has 1 aliphatic rings. The number of benzene rings is 1. The summed E-state index contributed by atoms with van der Waals surface area (Å²) in [6.07, 6.45) is 2.78. The smallest absolute Gasteiger partial charge is 0.333 e. The molecule has 1 fully saturated rings. The maximum atomic E-state index is 12.6. The molecular formula is C16H17F2N3O2. The van der Waals surface area contributed by atoms with Crippen molar-refractivity contribution in [1.82, 2.24) is 14.7 Å². The van der Waals surface area contributed by atoms with Crippen molar-refractivity contribution >= 4 is 5.91 Å². The molecule has 1 aromatic carbocycles. The quantitative estimate of drug-likeness (QED) is 0.868. The Kier molecular flexibility index (Phi) is 4.27. The highest BCUT2D eigenvalue weighted by Gasteiger charge is 2.33. The lowest BCUT2D eigenvalue weighted by molar-refractivity contribution is 0.0549. The number of methoxy groups -OCH3 is 1. The minimum Gasteiger partial charge on any atom is -0.496 e. The topological polar surface area (TPSA) is 47.4 Å². The number of alkyl halides is 2. The van der Waals surface area contributed by atoms with Crippen molar-refractivity contribution in [2.24, 2.45) is 0 Å². The van der Waals surface area contributed by atoms with E-state index in [0.29, 0.717) is 11.2 Å². The lowest BCUT2D eigenvalue weighted by Crippen LogP contribution is -2.31. The Morgan fingerprint density at radius 3 is 2.83 bits per heavy atom. The van der Waals surface area contributed by atoms with Crippen LogP contribution in [0.1, 0.15) is 41.5 Å². The minimum atomic E-state index is -2.75. The Balaban J connectivity index is 1.87. The SMILES string of the molecule is COc1ccccc1C1CCCN1C(=O)c1ccn(C(F)F)n1. The fourth-order valence-electron chi connectivity index (χ4n) is 2.98. The molecule has 0 N–H and O–H groups in total. The number of rotatable bonds is 4. The minimum absolute atomic E-state index is 0.0343. The zero-order valence-electron chi connectivity index (χ0n) is 12.7. The summed E-state index contributed by atoms with van der Waals surface area (Å²) in [7, 11) is 1.59. The van der Waals surface area contributed by atoms with Crippen LogP contribution in [-0.2, 0) is 0 Å². The van der Waals surface area contributed by atoms with Crippen molar-refractivity contribution in [3.63, 3.8) is 0 Å². The highest BCUT2D eigenvalue weighted by atomic mass is 19.3. The van der Waals surface area contributed by atoms with Crippen LogP contribution in [0.25, 0.3) is 0 Å². The maximum Gasteiger partial charge on any atom is 0.333 e. The van der Waals surface area contributed by atoms with Gasteiger partial charge in [0.1, 0.15) is 5.75 Å². The van der Waals surface area contributed by atoms with E-state index in [9.17, 15) is 13.6 Å². The van der Waals surface area contributed by atoms with Gasteiger partial charge in [0, 0.05) is 18.3 Å². The highest BCUT2D eigenvalue weighted by Crippen LogP contribution is 2.37. The Bertz CT molecular complexity index is 702. The Morgan fingerprint density at radius 1 is 1.35 bits per heavy atom. The summed E-state index contributed by atoms with van der Waals surface area (Å²) >= 11 is 0. The van der Waals surface area contributed by atoms with Crippen molar-refractivity contribution in [1.29, 1.82) is 0 Å². The zero-order valence-corrected chi connectivity index (χ0v) is 12.7. The van der Waals surface area contributed by atoms with Gasteiger partial charge in [0.2, 0.25) is 0 Å². The van der Waals surface area contributed by atoms with Crippen molar-refractivity contribution in [3.8, 4) is 5.75 Å². The molecule has 0 aliphatic carbocycles. The van der Waals surface area contributed by atoms with Gasteiger partial charge in [-0.1, -0.05) is 18.2 Å². The second-order valence-corrected chi connectivity index (χ2v) is 5.36. The molecule has 0 spiro atoms. The molecule has 1 amide bonds. The van der Waals surface area contributed by atoms with Gasteiger partial charge in [0.15, 0.2) is 5.69 Å². The number of hydrogen-bond donors (Lipinski definition) is 0. The number of aromatic nitrogens is 2. The Labute approximate surface area is 132 Å². The van der Waals surface area contributed by atoms with Crippen molar-refractivity contribution in [2.75, 3.05) is 13.7 Å². The summed E-state index contributed by atoms with van der Waals surface area (Å²) in [5, 5.41) is 3.67. The lowest BCUT2D eigenvalue weighted by Gasteiger charge is -2.25. The van der Waals surface area contributed by atoms with Crippen LogP contribution in [0, 0.1) is 0 Å². The molecule has 7 heteroatoms. The van der Waals surface area contributed by atoms with Gasteiger partial charge in [-0.2, -0.15) is 13.9 Å². The van der Waals surface area contributed by atoms with E-state index in [2.05, 4.69) is 5.10 Å². The third-order valence-corrected chi connectivity index (χ3v) is 4.04. The number of para-hydroxylation sites is 1. The average Bonchev–Trinajstić information content (AvgIpc) is 3.23. The number of halogens is 2. The summed E-state index contributed by atoms with van der Waals surface area (Å²) in [4.78, 5) is 14.3. The van der Waals surface area contributed by atoms with Gasteiger partial charge in [0.05, 0.1) is 13.2 Å². The summed E-state index contributed by atoms with van der Waals surface area (Å²) in [5.74, 6) is 0.383. The molecule has 2 heterocycles. The van der Waals surface area contributed by atoms with Gasteiger partial charge < -0.3 is 9.64 Å². The van der Waals surface area contributed by atoms with E-state index >= 15 is 0 Å². The van der Waals surface area contributed by atoms with E-state index in [1.807, 2.05) is 24.3 Å². The van der Waals surface area contributed by atoms with E-state index in [1.165, 1.54) is 6.07 Å². The molecule has 122 valence electrons. The molecule has 3 rings (SSSR count). The zero-order chi connectivity index (χ0) is 16.4. The van der Waals surface area contributed by atoms with Crippen molar-refractivity contribution in [3.05, 3.63) is 47.8 Å². The summed E-state index contributed by atoms with van der Waals surface area (Å²) in [6, 6.07) is 8.73. The van der Waals surface area contributed by atoms with E-state index in [4.69, 9.17) is 4.74 Å². The predicted octanol–water partition coefficient (Wildman–Crippen LogP) is 3.26. The molecule has 0 saturated carbocycles. The standard InChI is InChI=1S/C16H17F2N3O2/c1-23-14-7-3-2-5-11(14)13-6-4-9-20(13)15(22)12-8-10-21(19-12)16(17)18/h2-3,5,7-8,10,13,16H,4,6,9H2,1H3. The molecule has 1 unspecified atom stereocenters. The first kappa shape index (κ1) is 15.5. The van der Waals surface area contributed by atoms with Gasteiger partial charge in [-0.05, 0) is 25.0 Å². The average molecular weight is 321 g/mol. The maximum absolute atomic E-state index is 12.6. The van der Waals surface area contributed by atoms with Crippen LogP contribution in [0.5, 0.6) is 5.75 Å². The second-order valence-electron chi connectivity index (χ2n) is 5.36. The molecule has 5 nitrogen and oxygen atoms in total. The second kappa shape index (κ2) is 6.36. The van der Waals surface area contributed by atoms with Gasteiger partial charge in [-0.15, -0.1) is 0 Å². The van der Waals surface area contributed by atoms with Crippen LogP contribution in [0.3, 0.4) is 0 Å². The summed E-state index contributed by atoms with van der Waals surface area (Å²) in [5.41, 5.74) is 0.959. The van der Waals surface area contributed by atoms with Crippen LogP contribution in [0.2, 0.25) is 0 Å². The number of ether oxygens (including phenoxy) is 1. The van der Waals surface area contributed by atoms with Gasteiger partial charge >= 0.3 is 6.55 Å². The lowest BCUT2D eigenvalue weighted by atomic mass is 10.0. The largest absolute Gasteiger partial charge is 0.496 e. The Morgan fingerprint density at radius 2 is 2.13 bits per heavy atom.